The summed E-state index contributed by atoms with van der Waals surface area (Å²) in [4.78, 5) is 38.2. The van der Waals surface area contributed by atoms with E-state index in [9.17, 15) is 19.5 Å². The minimum absolute atomic E-state index is 0.0560. The normalized spacial score (nSPS) is 47.2. The van der Waals surface area contributed by atoms with Gasteiger partial charge in [-0.25, -0.2) is 9.59 Å². The van der Waals surface area contributed by atoms with E-state index in [1.165, 1.54) is 12.8 Å². The molecule has 13 atom stereocenters. The second-order valence-electron chi connectivity index (χ2n) is 18.5. The van der Waals surface area contributed by atoms with Crippen molar-refractivity contribution >= 4 is 18.2 Å². The van der Waals surface area contributed by atoms with E-state index in [0.717, 1.165) is 58.0 Å². The second kappa shape index (κ2) is 11.5. The van der Waals surface area contributed by atoms with Gasteiger partial charge in [0, 0.05) is 30.5 Å². The highest BCUT2D eigenvalue weighted by atomic mass is 16.6. The molecule has 2 spiro atoms. The molecule has 5 aliphatic carbocycles. The van der Waals surface area contributed by atoms with Crippen molar-refractivity contribution in [2.75, 3.05) is 19.6 Å². The molecule has 0 aromatic heterocycles. The molecule has 270 valence electrons. The van der Waals surface area contributed by atoms with Crippen LogP contribution in [-0.2, 0) is 19.0 Å². The molecule has 2 saturated heterocycles. The Balaban J connectivity index is 1.10. The lowest BCUT2D eigenvalue weighted by Crippen LogP contribution is -2.60. The molecule has 0 aromatic carbocycles. The van der Waals surface area contributed by atoms with Crippen LogP contribution in [0, 0.1) is 56.7 Å². The van der Waals surface area contributed by atoms with Gasteiger partial charge in [0.2, 0.25) is 0 Å². The number of carbonyl (C=O) groups excluding carboxylic acids is 2. The lowest BCUT2D eigenvalue weighted by Gasteiger charge is -2.63. The number of rotatable bonds is 7. The van der Waals surface area contributed by atoms with Crippen LogP contribution in [0.25, 0.3) is 0 Å². The van der Waals surface area contributed by atoms with E-state index in [2.05, 4.69) is 53.8 Å². The third-order valence-corrected chi connectivity index (χ3v) is 16.0. The molecule has 0 radical (unpaired) electrons. The first kappa shape index (κ1) is 34.4. The van der Waals surface area contributed by atoms with Gasteiger partial charge in [-0.05, 0) is 104 Å². The number of likely N-dealkylation sites (tertiary alicyclic amines) is 1. The molecular weight excluding hydrogens is 612 g/mol. The molecule has 3 N–H and O–H groups in total. The van der Waals surface area contributed by atoms with E-state index in [1.807, 2.05) is 0 Å². The van der Waals surface area contributed by atoms with Gasteiger partial charge >= 0.3 is 18.2 Å². The van der Waals surface area contributed by atoms with Crippen LogP contribution in [0.1, 0.15) is 113 Å². The van der Waals surface area contributed by atoms with E-state index in [4.69, 9.17) is 19.3 Å². The van der Waals surface area contributed by atoms with Gasteiger partial charge in [0.15, 0.2) is 0 Å². The van der Waals surface area contributed by atoms with Gasteiger partial charge in [-0.15, -0.1) is 0 Å². The van der Waals surface area contributed by atoms with Gasteiger partial charge in [0.05, 0.1) is 24.7 Å². The number of alkyl carbamates (subject to hydrolysis) is 1. The number of aliphatic carboxylic acids is 1. The zero-order valence-corrected chi connectivity index (χ0v) is 30.3. The lowest BCUT2D eigenvalue weighted by atomic mass is 9.41. The predicted octanol–water partition coefficient (Wildman–Crippen LogP) is 6.24. The number of nitrogens with zero attached hydrogens (tertiary/aromatic N) is 1. The highest BCUT2D eigenvalue weighted by molar-refractivity contribution is 5.70. The van der Waals surface area contributed by atoms with Crippen molar-refractivity contribution in [3.8, 4) is 0 Å². The van der Waals surface area contributed by atoms with E-state index >= 15 is 0 Å². The average Bonchev–Trinajstić information content (AvgIpc) is 3.61. The van der Waals surface area contributed by atoms with Crippen LogP contribution in [0.2, 0.25) is 0 Å². The van der Waals surface area contributed by atoms with Crippen molar-refractivity contribution < 1.29 is 38.8 Å². The number of carbonyl (C=O) groups is 3. The number of fused-ring (bicyclic) bond motifs is 4. The second-order valence-corrected chi connectivity index (χ2v) is 18.5. The van der Waals surface area contributed by atoms with Gasteiger partial charge in [-0.1, -0.05) is 48.5 Å². The Morgan fingerprint density at radius 1 is 1.00 bits per heavy atom. The Morgan fingerprint density at radius 2 is 1.69 bits per heavy atom. The monoisotopic (exact) mass is 672 g/mol. The van der Waals surface area contributed by atoms with Crippen molar-refractivity contribution in [2.45, 2.75) is 143 Å². The third kappa shape index (κ3) is 4.65. The standard InChI is InChI=1S/C38H60N2O8/c1-21(2)29(48-33(45)40-17-8-18-40)23-19-22(3)28-30(46-23)31(43)36(7)25-10-9-24-34(4,5)26(47-32(44)39-16-12-27(41)42)11-13-37(24)20-38(25,37)15-14-35(28,36)6/h21-26,28-31,43H,8-20H2,1-7H3,(H,39,44)(H,41,42)/t22-,23?,24+,25?,26?,28+,29-,30?,31+,35?,36-,37?,38?/m1/s1. The lowest BCUT2D eigenvalue weighted by molar-refractivity contribution is -0.185. The SMILES string of the molecule is CC(C)[C@@H](OC(=O)N1CCC1)C1C[C@@H](C)[C@H]2C(O1)[C@H](O)[C@@]1(C)C3CC[C@H]4C(C)(C)C(OC(=O)NCCC(=O)O)CCC45CC35CCC21C. The van der Waals surface area contributed by atoms with Gasteiger partial charge in [-0.2, -0.15) is 0 Å². The minimum Gasteiger partial charge on any atom is -0.481 e. The Kier molecular flexibility index (Phi) is 8.22. The molecule has 0 bridgehead atoms. The summed E-state index contributed by atoms with van der Waals surface area (Å²) in [6, 6.07) is 0. The Hall–Kier alpha value is -2.07. The highest BCUT2D eigenvalue weighted by Crippen LogP contribution is 2.89. The maximum Gasteiger partial charge on any atom is 0.410 e. The van der Waals surface area contributed by atoms with E-state index in [0.29, 0.717) is 17.8 Å². The number of amides is 2. The fourth-order valence-corrected chi connectivity index (χ4v) is 13.5. The first-order valence-electron chi connectivity index (χ1n) is 19.0. The molecule has 10 nitrogen and oxygen atoms in total. The van der Waals surface area contributed by atoms with Crippen LogP contribution in [0.5, 0.6) is 0 Å². The molecule has 7 fully saturated rings. The van der Waals surface area contributed by atoms with Crippen molar-refractivity contribution in [1.29, 1.82) is 0 Å². The van der Waals surface area contributed by atoms with Gasteiger partial charge in [-0.3, -0.25) is 4.79 Å². The molecule has 0 aromatic rings. The zero-order valence-electron chi connectivity index (χ0n) is 30.3. The van der Waals surface area contributed by atoms with Crippen LogP contribution in [0.4, 0.5) is 9.59 Å². The number of carboxylic acid groups (broad SMARTS) is 1. The number of hydrogen-bond acceptors (Lipinski definition) is 7. The van der Waals surface area contributed by atoms with E-state index < -0.39 is 18.2 Å². The quantitative estimate of drug-likeness (QED) is 0.290. The van der Waals surface area contributed by atoms with Gasteiger partial charge in [0.25, 0.3) is 0 Å². The first-order valence-corrected chi connectivity index (χ1v) is 19.0. The summed E-state index contributed by atoms with van der Waals surface area (Å²) in [6.07, 6.45) is 6.67. The van der Waals surface area contributed by atoms with Crippen molar-refractivity contribution in [3.63, 3.8) is 0 Å². The van der Waals surface area contributed by atoms with Crippen LogP contribution in [0.3, 0.4) is 0 Å². The van der Waals surface area contributed by atoms with Crippen LogP contribution in [0.15, 0.2) is 0 Å². The minimum atomic E-state index is -0.946. The predicted molar refractivity (Wildman–Crippen MR) is 178 cm³/mol. The fraction of sp³-hybridized carbons (Fsp3) is 0.921. The highest BCUT2D eigenvalue weighted by Gasteiger charge is 2.84. The summed E-state index contributed by atoms with van der Waals surface area (Å²) >= 11 is 0. The topological polar surface area (TPSA) is 135 Å². The van der Waals surface area contributed by atoms with Gasteiger partial charge < -0.3 is 34.6 Å². The number of aliphatic hydroxyl groups is 1. The molecule has 10 heteroatoms. The summed E-state index contributed by atoms with van der Waals surface area (Å²) in [5.74, 6) is 0.571. The maximum absolute atomic E-state index is 12.9. The van der Waals surface area contributed by atoms with E-state index in [1.54, 1.807) is 4.90 Å². The smallest absolute Gasteiger partial charge is 0.410 e. The Labute approximate surface area is 286 Å². The zero-order chi connectivity index (χ0) is 34.6. The van der Waals surface area contributed by atoms with Gasteiger partial charge in [0.1, 0.15) is 12.2 Å². The fourth-order valence-electron chi connectivity index (χ4n) is 13.5. The molecule has 2 aliphatic heterocycles. The Bertz CT molecular complexity index is 1320. The average molecular weight is 673 g/mol. The molecule has 7 unspecified atom stereocenters. The number of carboxylic acids is 1. The maximum atomic E-state index is 12.9. The number of ether oxygens (including phenoxy) is 3. The van der Waals surface area contributed by atoms with Crippen molar-refractivity contribution in [3.05, 3.63) is 0 Å². The number of aliphatic hydroxyl groups excluding tert-OH is 1. The largest absolute Gasteiger partial charge is 0.481 e. The van der Waals surface area contributed by atoms with Crippen LogP contribution in [-0.4, -0.2) is 83.4 Å². The molecule has 2 heterocycles. The summed E-state index contributed by atoms with van der Waals surface area (Å²) in [7, 11) is 0. The number of hydrogen-bond donors (Lipinski definition) is 3. The van der Waals surface area contributed by atoms with E-state index in [-0.39, 0.29) is 82.4 Å². The summed E-state index contributed by atoms with van der Waals surface area (Å²) in [5.41, 5.74) is -0.175. The van der Waals surface area contributed by atoms with Crippen molar-refractivity contribution in [2.24, 2.45) is 56.7 Å². The third-order valence-electron chi connectivity index (χ3n) is 16.0. The molecule has 48 heavy (non-hydrogen) atoms. The molecule has 5 saturated carbocycles. The molecule has 7 aliphatic rings. The summed E-state index contributed by atoms with van der Waals surface area (Å²) in [6.45, 7) is 17.5. The molecule has 7 rings (SSSR count). The van der Waals surface area contributed by atoms with Crippen molar-refractivity contribution in [1.82, 2.24) is 10.2 Å². The molecular formula is C38H60N2O8. The van der Waals surface area contributed by atoms with Crippen LogP contribution < -0.4 is 5.32 Å². The molecule has 2 amide bonds. The first-order chi connectivity index (χ1) is 22.5. The van der Waals surface area contributed by atoms with Crippen LogP contribution >= 0.6 is 0 Å². The number of nitrogens with one attached hydrogen (secondary N) is 1. The summed E-state index contributed by atoms with van der Waals surface area (Å²) in [5, 5.41) is 24.2. The summed E-state index contributed by atoms with van der Waals surface area (Å²) < 4.78 is 19.1. The Morgan fingerprint density at radius 3 is 2.33 bits per heavy atom.